The van der Waals surface area contributed by atoms with Crippen molar-refractivity contribution in [2.24, 2.45) is 0 Å². The fourth-order valence-corrected chi connectivity index (χ4v) is 3.66. The van der Waals surface area contributed by atoms with Crippen molar-refractivity contribution in [3.63, 3.8) is 0 Å². The van der Waals surface area contributed by atoms with Gasteiger partial charge in [0.25, 0.3) is 5.91 Å². The minimum absolute atomic E-state index is 0.0410. The number of anilines is 2. The summed E-state index contributed by atoms with van der Waals surface area (Å²) < 4.78 is 53.9. The van der Waals surface area contributed by atoms with E-state index in [0.717, 1.165) is 16.3 Å². The lowest BCUT2D eigenvalue weighted by Crippen LogP contribution is -2.31. The van der Waals surface area contributed by atoms with Crippen LogP contribution in [0.4, 0.5) is 28.9 Å². The smallest absolute Gasteiger partial charge is 0.364 e. The van der Waals surface area contributed by atoms with E-state index in [1.807, 2.05) is 0 Å². The molecule has 1 amide bonds. The number of benzene rings is 1. The third kappa shape index (κ3) is 3.78. The summed E-state index contributed by atoms with van der Waals surface area (Å²) >= 11 is 3.11. The average Bonchev–Trinajstić information content (AvgIpc) is 3.24. The summed E-state index contributed by atoms with van der Waals surface area (Å²) in [5, 5.41) is 15.7. The van der Waals surface area contributed by atoms with Crippen LogP contribution < -0.4 is 16.0 Å². The maximum atomic E-state index is 13.7. The highest BCUT2D eigenvalue weighted by atomic mass is 79.9. The maximum absolute atomic E-state index is 13.7. The zero-order valence-electron chi connectivity index (χ0n) is 15.4. The molecular weight excluding hydrogens is 472 g/mol. The van der Waals surface area contributed by atoms with E-state index in [1.54, 1.807) is 13.0 Å². The fourth-order valence-electron chi connectivity index (χ4n) is 3.22. The van der Waals surface area contributed by atoms with E-state index in [4.69, 9.17) is 0 Å². The van der Waals surface area contributed by atoms with Crippen molar-refractivity contribution in [2.75, 3.05) is 17.2 Å². The van der Waals surface area contributed by atoms with Crippen molar-refractivity contribution in [2.45, 2.75) is 25.7 Å². The van der Waals surface area contributed by atoms with Gasteiger partial charge in [-0.25, -0.2) is 4.39 Å². The lowest BCUT2D eigenvalue weighted by Gasteiger charge is -2.13. The highest BCUT2D eigenvalue weighted by molar-refractivity contribution is 9.10. The van der Waals surface area contributed by atoms with Crippen molar-refractivity contribution in [1.82, 2.24) is 19.9 Å². The summed E-state index contributed by atoms with van der Waals surface area (Å²) in [4.78, 5) is 12.6. The van der Waals surface area contributed by atoms with E-state index in [2.05, 4.69) is 42.1 Å². The predicted octanol–water partition coefficient (Wildman–Crippen LogP) is 3.94. The number of aromatic nitrogens is 3. The third-order valence-electron chi connectivity index (χ3n) is 4.65. The van der Waals surface area contributed by atoms with Crippen LogP contribution in [0.2, 0.25) is 0 Å². The Kier molecular flexibility index (Phi) is 5.04. The molecule has 3 N–H and O–H groups in total. The largest absolute Gasteiger partial charge is 0.452 e. The van der Waals surface area contributed by atoms with Crippen LogP contribution in [-0.4, -0.2) is 33.2 Å². The van der Waals surface area contributed by atoms with Crippen LogP contribution in [0.15, 0.2) is 28.9 Å². The second kappa shape index (κ2) is 7.42. The first kappa shape index (κ1) is 20.4. The molecule has 2 aromatic heterocycles. The second-order valence-corrected chi connectivity index (χ2v) is 7.74. The van der Waals surface area contributed by atoms with Gasteiger partial charge in [0.05, 0.1) is 23.1 Å². The number of fused-ring (bicyclic) bond motifs is 2. The molecule has 0 fully saturated rings. The monoisotopic (exact) mass is 486 g/mol. The summed E-state index contributed by atoms with van der Waals surface area (Å²) in [5.74, 6) is -2.12. The molecule has 0 spiro atoms. The Morgan fingerprint density at radius 2 is 1.93 bits per heavy atom. The molecule has 1 atom stereocenters. The first-order valence-electron chi connectivity index (χ1n) is 8.86. The Hall–Kier alpha value is -2.89. The molecule has 0 aliphatic carbocycles. The quantitative estimate of drug-likeness (QED) is 0.486. The van der Waals surface area contributed by atoms with Crippen molar-refractivity contribution >= 4 is 38.9 Å². The standard InChI is InChI=1S/C18H15BrF4N6O/c1-8-4-12-13(6-11(8)20)26-14(25-12)2-3-24-16(30)10-5-9(19)7-29-15(10)27-28-17(29)18(21,22)23/h4-7,14,25-26H,2-3H2,1H3,(H,24,30). The first-order valence-corrected chi connectivity index (χ1v) is 9.65. The van der Waals surface area contributed by atoms with Crippen molar-refractivity contribution in [3.8, 4) is 0 Å². The summed E-state index contributed by atoms with van der Waals surface area (Å²) in [6, 6.07) is 4.48. The minimum Gasteiger partial charge on any atom is -0.364 e. The van der Waals surface area contributed by atoms with Gasteiger partial charge in [-0.1, -0.05) is 0 Å². The molecule has 3 aromatic rings. The van der Waals surface area contributed by atoms with Gasteiger partial charge in [0.15, 0.2) is 5.65 Å². The van der Waals surface area contributed by atoms with Gasteiger partial charge in [0.1, 0.15) is 5.82 Å². The molecular formula is C18H15BrF4N6O. The van der Waals surface area contributed by atoms with E-state index < -0.39 is 17.9 Å². The lowest BCUT2D eigenvalue weighted by atomic mass is 10.2. The van der Waals surface area contributed by atoms with Gasteiger partial charge in [-0.15, -0.1) is 10.2 Å². The molecule has 7 nitrogen and oxygen atoms in total. The number of carbonyl (C=O) groups is 1. The Bertz CT molecular complexity index is 1110. The van der Waals surface area contributed by atoms with Gasteiger partial charge in [-0.05, 0) is 46.6 Å². The summed E-state index contributed by atoms with van der Waals surface area (Å²) in [7, 11) is 0. The number of hydrogen-bond donors (Lipinski definition) is 3. The SMILES string of the molecule is Cc1cc2c(cc1F)NC(CCNC(=O)c1cc(Br)cn3c(C(F)(F)F)nnc13)N2. The van der Waals surface area contributed by atoms with Crippen molar-refractivity contribution < 1.29 is 22.4 Å². The Balaban J connectivity index is 1.44. The number of nitrogens with zero attached hydrogens (tertiary/aromatic N) is 3. The average molecular weight is 487 g/mol. The first-order chi connectivity index (χ1) is 14.1. The molecule has 1 aliphatic heterocycles. The van der Waals surface area contributed by atoms with Crippen LogP contribution in [0.1, 0.15) is 28.2 Å². The zero-order chi connectivity index (χ0) is 21.6. The molecule has 0 radical (unpaired) electrons. The van der Waals surface area contributed by atoms with E-state index in [9.17, 15) is 22.4 Å². The summed E-state index contributed by atoms with van der Waals surface area (Å²) in [6.07, 6.45) is -3.33. The Labute approximate surface area is 176 Å². The highest BCUT2D eigenvalue weighted by Gasteiger charge is 2.37. The number of nitrogens with one attached hydrogen (secondary N) is 3. The van der Waals surface area contributed by atoms with Gasteiger partial charge >= 0.3 is 6.18 Å². The number of alkyl halides is 3. The third-order valence-corrected chi connectivity index (χ3v) is 5.08. The van der Waals surface area contributed by atoms with E-state index in [1.165, 1.54) is 12.1 Å². The number of carbonyl (C=O) groups excluding carboxylic acids is 1. The minimum atomic E-state index is -4.71. The van der Waals surface area contributed by atoms with Crippen LogP contribution in [0.25, 0.3) is 5.65 Å². The zero-order valence-corrected chi connectivity index (χ0v) is 17.0. The Morgan fingerprint density at radius 1 is 1.23 bits per heavy atom. The topological polar surface area (TPSA) is 83.3 Å². The van der Waals surface area contributed by atoms with Gasteiger partial charge < -0.3 is 16.0 Å². The number of hydrogen-bond acceptors (Lipinski definition) is 5. The molecule has 0 bridgehead atoms. The number of aryl methyl sites for hydroxylation is 1. The summed E-state index contributed by atoms with van der Waals surface area (Å²) in [6.45, 7) is 1.89. The maximum Gasteiger partial charge on any atom is 0.452 e. The van der Waals surface area contributed by atoms with Gasteiger partial charge in [0, 0.05) is 23.6 Å². The van der Waals surface area contributed by atoms with Crippen molar-refractivity contribution in [3.05, 3.63) is 51.6 Å². The van der Waals surface area contributed by atoms with E-state index >= 15 is 0 Å². The molecule has 4 rings (SSSR count). The molecule has 158 valence electrons. The van der Waals surface area contributed by atoms with E-state index in [-0.39, 0.29) is 34.2 Å². The normalized spacial score (nSPS) is 15.6. The van der Waals surface area contributed by atoms with Crippen LogP contribution in [-0.2, 0) is 6.18 Å². The number of halogens is 5. The van der Waals surface area contributed by atoms with E-state index in [0.29, 0.717) is 17.7 Å². The molecule has 0 saturated carbocycles. The van der Waals surface area contributed by atoms with Crippen LogP contribution >= 0.6 is 15.9 Å². The molecule has 1 unspecified atom stereocenters. The predicted molar refractivity (Wildman–Crippen MR) is 105 cm³/mol. The second-order valence-electron chi connectivity index (χ2n) is 6.82. The van der Waals surface area contributed by atoms with Crippen molar-refractivity contribution in [1.29, 1.82) is 0 Å². The van der Waals surface area contributed by atoms with Crippen LogP contribution in [0.3, 0.4) is 0 Å². The highest BCUT2D eigenvalue weighted by Crippen LogP contribution is 2.32. The molecule has 12 heteroatoms. The van der Waals surface area contributed by atoms with Gasteiger partial charge in [-0.3, -0.25) is 9.20 Å². The fraction of sp³-hybridized carbons (Fsp3) is 0.278. The summed E-state index contributed by atoms with van der Waals surface area (Å²) in [5.41, 5.74) is 1.68. The molecule has 3 heterocycles. The molecule has 1 aliphatic rings. The number of amides is 1. The molecule has 0 saturated heterocycles. The number of rotatable bonds is 4. The van der Waals surface area contributed by atoms with Crippen LogP contribution in [0, 0.1) is 12.7 Å². The van der Waals surface area contributed by atoms with Gasteiger partial charge in [0.2, 0.25) is 5.82 Å². The van der Waals surface area contributed by atoms with Crippen LogP contribution in [0.5, 0.6) is 0 Å². The number of pyridine rings is 1. The Morgan fingerprint density at radius 3 is 2.63 bits per heavy atom. The molecule has 30 heavy (non-hydrogen) atoms. The van der Waals surface area contributed by atoms with Gasteiger partial charge in [-0.2, -0.15) is 13.2 Å². The molecule has 1 aromatic carbocycles. The lowest BCUT2D eigenvalue weighted by molar-refractivity contribution is -0.145.